The minimum Gasteiger partial charge on any atom is -0.398 e. The van der Waals surface area contributed by atoms with Gasteiger partial charge >= 0.3 is 0 Å². The lowest BCUT2D eigenvalue weighted by Gasteiger charge is -2.37. The fourth-order valence-corrected chi connectivity index (χ4v) is 3.32. The van der Waals surface area contributed by atoms with E-state index in [0.29, 0.717) is 37.3 Å². The van der Waals surface area contributed by atoms with Crippen LogP contribution in [0.1, 0.15) is 34.3 Å². The molecule has 2 heterocycles. The van der Waals surface area contributed by atoms with E-state index in [1.807, 2.05) is 29.7 Å². The summed E-state index contributed by atoms with van der Waals surface area (Å²) in [5.74, 6) is 0.251. The van der Waals surface area contributed by atoms with Crippen molar-refractivity contribution in [3.05, 3.63) is 28.8 Å². The Morgan fingerprint density at radius 3 is 2.76 bits per heavy atom. The Morgan fingerprint density at radius 1 is 1.24 bits per heavy atom. The molecule has 0 spiro atoms. The minimum atomic E-state index is 0.0261. The molecule has 2 fully saturated rings. The van der Waals surface area contributed by atoms with Gasteiger partial charge in [0.2, 0.25) is 5.91 Å². The Balaban J connectivity index is 1.80. The summed E-state index contributed by atoms with van der Waals surface area (Å²) < 4.78 is 0. The molecular weight excluding hydrogens is 266 g/mol. The Morgan fingerprint density at radius 2 is 2.00 bits per heavy atom. The predicted octanol–water partition coefficient (Wildman–Crippen LogP) is 1.33. The van der Waals surface area contributed by atoms with Crippen LogP contribution in [0.3, 0.4) is 0 Å². The largest absolute Gasteiger partial charge is 0.398 e. The second kappa shape index (κ2) is 5.06. The highest BCUT2D eigenvalue weighted by Gasteiger charge is 2.37. The number of benzene rings is 1. The zero-order chi connectivity index (χ0) is 15.1. The maximum atomic E-state index is 12.7. The molecule has 0 bridgehead atoms. The van der Waals surface area contributed by atoms with Gasteiger partial charge in [-0.1, -0.05) is 6.07 Å². The zero-order valence-electron chi connectivity index (χ0n) is 12.6. The van der Waals surface area contributed by atoms with Gasteiger partial charge in [0.05, 0.1) is 0 Å². The second-order valence-electron chi connectivity index (χ2n) is 6.05. The number of carbonyl (C=O) groups is 2. The van der Waals surface area contributed by atoms with Gasteiger partial charge in [0, 0.05) is 43.3 Å². The number of nitrogen functional groups attached to an aromatic ring is 1. The van der Waals surface area contributed by atoms with Crippen LogP contribution in [0.5, 0.6) is 0 Å². The molecule has 0 saturated carbocycles. The Bertz CT molecular complexity index is 612. The second-order valence-corrected chi connectivity index (χ2v) is 6.05. The molecule has 2 saturated heterocycles. The SMILES string of the molecule is Cc1cc(C)c(C(=O)N2CCN3C(=O)CCC3C2)cc1N. The smallest absolute Gasteiger partial charge is 0.254 e. The maximum Gasteiger partial charge on any atom is 0.254 e. The third kappa shape index (κ3) is 2.37. The number of fused-ring (bicyclic) bond motifs is 1. The van der Waals surface area contributed by atoms with Crippen molar-refractivity contribution >= 4 is 17.5 Å². The molecule has 0 radical (unpaired) electrons. The van der Waals surface area contributed by atoms with Crippen molar-refractivity contribution in [2.75, 3.05) is 25.4 Å². The average Bonchev–Trinajstić information content (AvgIpc) is 2.83. The molecule has 2 amide bonds. The van der Waals surface area contributed by atoms with E-state index in [-0.39, 0.29) is 17.9 Å². The molecule has 21 heavy (non-hydrogen) atoms. The molecule has 1 unspecified atom stereocenters. The van der Waals surface area contributed by atoms with E-state index in [1.165, 1.54) is 0 Å². The molecule has 2 aliphatic heterocycles. The summed E-state index contributed by atoms with van der Waals surface area (Å²) in [5, 5.41) is 0. The van der Waals surface area contributed by atoms with E-state index < -0.39 is 0 Å². The fraction of sp³-hybridized carbons (Fsp3) is 0.500. The number of nitrogens with zero attached hydrogens (tertiary/aromatic N) is 2. The summed E-state index contributed by atoms with van der Waals surface area (Å²) in [7, 11) is 0. The molecule has 5 heteroatoms. The van der Waals surface area contributed by atoms with Crippen molar-refractivity contribution in [1.29, 1.82) is 0 Å². The van der Waals surface area contributed by atoms with Gasteiger partial charge in [-0.2, -0.15) is 0 Å². The van der Waals surface area contributed by atoms with Gasteiger partial charge in [-0.15, -0.1) is 0 Å². The summed E-state index contributed by atoms with van der Waals surface area (Å²) in [6.45, 7) is 5.77. The number of piperazine rings is 1. The quantitative estimate of drug-likeness (QED) is 0.792. The number of anilines is 1. The van der Waals surface area contributed by atoms with Crippen LogP contribution in [-0.4, -0.2) is 47.3 Å². The van der Waals surface area contributed by atoms with Gasteiger partial charge in [-0.25, -0.2) is 0 Å². The van der Waals surface area contributed by atoms with Crippen LogP contribution >= 0.6 is 0 Å². The van der Waals surface area contributed by atoms with Crippen molar-refractivity contribution in [3.8, 4) is 0 Å². The first kappa shape index (κ1) is 13.9. The lowest BCUT2D eigenvalue weighted by Crippen LogP contribution is -2.53. The molecule has 0 aromatic heterocycles. The zero-order valence-corrected chi connectivity index (χ0v) is 12.6. The van der Waals surface area contributed by atoms with E-state index >= 15 is 0 Å². The van der Waals surface area contributed by atoms with Crippen LogP contribution in [0.15, 0.2) is 12.1 Å². The molecule has 2 aliphatic rings. The van der Waals surface area contributed by atoms with Gasteiger partial charge in [-0.05, 0) is 37.5 Å². The molecule has 1 aromatic rings. The standard InChI is InChI=1S/C16H21N3O2/c1-10-7-11(2)14(17)8-13(10)16(21)18-5-6-19-12(9-18)3-4-15(19)20/h7-8,12H,3-6,9,17H2,1-2H3. The van der Waals surface area contributed by atoms with Gasteiger partial charge in [0.1, 0.15) is 0 Å². The summed E-state index contributed by atoms with van der Waals surface area (Å²) in [5.41, 5.74) is 9.22. The first-order chi connectivity index (χ1) is 9.97. The average molecular weight is 287 g/mol. The molecule has 1 atom stereocenters. The lowest BCUT2D eigenvalue weighted by molar-refractivity contribution is -0.130. The minimum absolute atomic E-state index is 0.0261. The molecular formula is C16H21N3O2. The molecule has 3 rings (SSSR count). The number of hydrogen-bond acceptors (Lipinski definition) is 3. The number of rotatable bonds is 1. The Kier molecular flexibility index (Phi) is 3.35. The third-order valence-electron chi connectivity index (χ3n) is 4.63. The molecule has 0 aliphatic carbocycles. The van der Waals surface area contributed by atoms with Crippen molar-refractivity contribution < 1.29 is 9.59 Å². The Labute approximate surface area is 124 Å². The highest BCUT2D eigenvalue weighted by Crippen LogP contribution is 2.25. The fourth-order valence-electron chi connectivity index (χ4n) is 3.32. The number of carbonyl (C=O) groups excluding carboxylic acids is 2. The van der Waals surface area contributed by atoms with Crippen molar-refractivity contribution in [2.45, 2.75) is 32.7 Å². The van der Waals surface area contributed by atoms with E-state index in [9.17, 15) is 9.59 Å². The molecule has 2 N–H and O–H groups in total. The normalized spacial score (nSPS) is 21.6. The van der Waals surface area contributed by atoms with Gasteiger partial charge in [0.15, 0.2) is 0 Å². The van der Waals surface area contributed by atoms with Crippen molar-refractivity contribution in [3.63, 3.8) is 0 Å². The lowest BCUT2D eigenvalue weighted by atomic mass is 10.0. The van der Waals surface area contributed by atoms with Crippen LogP contribution in [0.2, 0.25) is 0 Å². The van der Waals surface area contributed by atoms with E-state index in [2.05, 4.69) is 0 Å². The summed E-state index contributed by atoms with van der Waals surface area (Å²) in [6.07, 6.45) is 1.47. The first-order valence-corrected chi connectivity index (χ1v) is 7.43. The van der Waals surface area contributed by atoms with Crippen LogP contribution in [0.25, 0.3) is 0 Å². The maximum absolute atomic E-state index is 12.7. The van der Waals surface area contributed by atoms with Crippen LogP contribution in [0.4, 0.5) is 5.69 Å². The van der Waals surface area contributed by atoms with Crippen molar-refractivity contribution in [2.24, 2.45) is 0 Å². The van der Waals surface area contributed by atoms with E-state index in [0.717, 1.165) is 17.5 Å². The summed E-state index contributed by atoms with van der Waals surface area (Å²) in [6, 6.07) is 3.93. The molecule has 112 valence electrons. The third-order valence-corrected chi connectivity index (χ3v) is 4.63. The van der Waals surface area contributed by atoms with Crippen molar-refractivity contribution in [1.82, 2.24) is 9.80 Å². The summed E-state index contributed by atoms with van der Waals surface area (Å²) in [4.78, 5) is 28.2. The van der Waals surface area contributed by atoms with E-state index in [1.54, 1.807) is 6.07 Å². The van der Waals surface area contributed by atoms with Gasteiger partial charge < -0.3 is 15.5 Å². The highest BCUT2D eigenvalue weighted by atomic mass is 16.2. The first-order valence-electron chi connectivity index (χ1n) is 7.43. The highest BCUT2D eigenvalue weighted by molar-refractivity contribution is 5.97. The van der Waals surface area contributed by atoms with Gasteiger partial charge in [-0.3, -0.25) is 9.59 Å². The number of aryl methyl sites for hydroxylation is 2. The van der Waals surface area contributed by atoms with E-state index in [4.69, 9.17) is 5.73 Å². The molecule has 1 aromatic carbocycles. The number of amides is 2. The number of hydrogen-bond donors (Lipinski definition) is 1. The van der Waals surface area contributed by atoms with Gasteiger partial charge in [0.25, 0.3) is 5.91 Å². The molecule has 5 nitrogen and oxygen atoms in total. The monoisotopic (exact) mass is 287 g/mol. The van der Waals surface area contributed by atoms with Crippen LogP contribution < -0.4 is 5.73 Å². The predicted molar refractivity (Wildman–Crippen MR) is 81.0 cm³/mol. The number of nitrogens with two attached hydrogens (primary N) is 1. The van der Waals surface area contributed by atoms with Crippen LogP contribution in [0, 0.1) is 13.8 Å². The topological polar surface area (TPSA) is 66.6 Å². The summed E-state index contributed by atoms with van der Waals surface area (Å²) >= 11 is 0. The Hall–Kier alpha value is -2.04. The van der Waals surface area contributed by atoms with Crippen LogP contribution in [-0.2, 0) is 4.79 Å².